The van der Waals surface area contributed by atoms with E-state index in [4.69, 9.17) is 4.52 Å². The van der Waals surface area contributed by atoms with E-state index in [1.165, 1.54) is 0 Å². The molecule has 0 N–H and O–H groups in total. The van der Waals surface area contributed by atoms with Crippen LogP contribution in [0.5, 0.6) is 0 Å². The Morgan fingerprint density at radius 3 is 2.50 bits per heavy atom. The molecule has 0 radical (unpaired) electrons. The van der Waals surface area contributed by atoms with E-state index in [9.17, 15) is 4.21 Å². The molecule has 0 saturated carbocycles. The van der Waals surface area contributed by atoms with Crippen LogP contribution in [0.2, 0.25) is 0 Å². The van der Waals surface area contributed by atoms with E-state index in [0.717, 1.165) is 22.6 Å². The smallest absolute Gasteiger partial charge is 0.226 e. The van der Waals surface area contributed by atoms with Crippen molar-refractivity contribution in [3.8, 4) is 5.69 Å². The van der Waals surface area contributed by atoms with Crippen molar-refractivity contribution in [2.75, 3.05) is 0 Å². The maximum absolute atomic E-state index is 12.3. The molecule has 3 rings (SSSR count). The van der Waals surface area contributed by atoms with E-state index in [0.29, 0.717) is 29.6 Å². The average molecular weight is 344 g/mol. The number of aromatic nitrogens is 4. The van der Waals surface area contributed by atoms with E-state index < -0.39 is 10.8 Å². The topological polar surface area (TPSA) is 73.8 Å². The van der Waals surface area contributed by atoms with E-state index in [1.807, 2.05) is 55.8 Å². The predicted molar refractivity (Wildman–Crippen MR) is 92.3 cm³/mol. The van der Waals surface area contributed by atoms with E-state index in [2.05, 4.69) is 15.2 Å². The molecule has 7 heteroatoms. The van der Waals surface area contributed by atoms with Crippen LogP contribution in [0.3, 0.4) is 0 Å². The summed E-state index contributed by atoms with van der Waals surface area (Å²) in [7, 11) is -1.07. The zero-order valence-electron chi connectivity index (χ0n) is 14.0. The molecule has 3 aromatic rings. The summed E-state index contributed by atoms with van der Waals surface area (Å²) >= 11 is 0. The number of nitrogens with zero attached hydrogens (tertiary/aromatic N) is 4. The van der Waals surface area contributed by atoms with Crippen molar-refractivity contribution in [3.63, 3.8) is 0 Å². The van der Waals surface area contributed by atoms with Gasteiger partial charge in [-0.25, -0.2) is 4.68 Å². The summed E-state index contributed by atoms with van der Waals surface area (Å²) < 4.78 is 19.2. The van der Waals surface area contributed by atoms with Gasteiger partial charge in [-0.3, -0.25) is 4.21 Å². The first-order valence-corrected chi connectivity index (χ1v) is 9.33. The van der Waals surface area contributed by atoms with Crippen LogP contribution in [0.15, 0.2) is 34.9 Å². The third kappa shape index (κ3) is 3.79. The maximum Gasteiger partial charge on any atom is 0.226 e. The van der Waals surface area contributed by atoms with Crippen molar-refractivity contribution >= 4 is 10.8 Å². The Kier molecular flexibility index (Phi) is 4.89. The average Bonchev–Trinajstić information content (AvgIpc) is 3.14. The maximum atomic E-state index is 12.3. The summed E-state index contributed by atoms with van der Waals surface area (Å²) in [5.41, 5.74) is 4.09. The molecule has 126 valence electrons. The van der Waals surface area contributed by atoms with Crippen molar-refractivity contribution in [1.82, 2.24) is 19.9 Å². The van der Waals surface area contributed by atoms with E-state index in [-0.39, 0.29) is 0 Å². The lowest BCUT2D eigenvalue weighted by molar-refractivity contribution is 0.378. The molecule has 0 aliphatic heterocycles. The molecular formula is C17H20N4O2S. The highest BCUT2D eigenvalue weighted by atomic mass is 32.2. The molecule has 0 aliphatic rings. The van der Waals surface area contributed by atoms with Gasteiger partial charge in [0.05, 0.1) is 17.1 Å². The van der Waals surface area contributed by atoms with Crippen molar-refractivity contribution in [2.45, 2.75) is 38.7 Å². The highest BCUT2D eigenvalue weighted by Gasteiger charge is 2.10. The van der Waals surface area contributed by atoms with Gasteiger partial charge >= 0.3 is 0 Å². The lowest BCUT2D eigenvalue weighted by Crippen LogP contribution is -2.02. The van der Waals surface area contributed by atoms with Gasteiger partial charge < -0.3 is 4.52 Å². The van der Waals surface area contributed by atoms with Crippen molar-refractivity contribution < 1.29 is 8.73 Å². The number of hydrogen-bond donors (Lipinski definition) is 0. The number of rotatable bonds is 6. The number of benzene rings is 1. The van der Waals surface area contributed by atoms with Gasteiger partial charge in [0.15, 0.2) is 5.82 Å². The van der Waals surface area contributed by atoms with Crippen LogP contribution in [0, 0.1) is 13.8 Å². The summed E-state index contributed by atoms with van der Waals surface area (Å²) in [5.74, 6) is 1.86. The van der Waals surface area contributed by atoms with Crippen LogP contribution >= 0.6 is 0 Å². The monoisotopic (exact) mass is 344 g/mol. The first-order chi connectivity index (χ1) is 11.5. The van der Waals surface area contributed by atoms with Gasteiger partial charge in [-0.05, 0) is 37.6 Å². The van der Waals surface area contributed by atoms with Gasteiger partial charge in [-0.15, -0.1) is 0 Å². The second-order valence-corrected chi connectivity index (χ2v) is 7.15. The number of aryl methyl sites for hydroxylation is 3. The molecule has 0 bridgehead atoms. The Labute approximate surface area is 143 Å². The predicted octanol–water partition coefficient (Wildman–Crippen LogP) is 2.88. The summed E-state index contributed by atoms with van der Waals surface area (Å²) in [6.07, 6.45) is 0.688. The fraction of sp³-hybridized carbons (Fsp3) is 0.353. The summed E-state index contributed by atoms with van der Waals surface area (Å²) in [6, 6.07) is 10.00. The van der Waals surface area contributed by atoms with E-state index in [1.54, 1.807) is 0 Å². The normalized spacial score (nSPS) is 12.5. The zero-order chi connectivity index (χ0) is 17.1. The molecular weight excluding hydrogens is 324 g/mol. The second-order valence-electron chi connectivity index (χ2n) is 5.69. The molecule has 0 unspecified atom stereocenters. The van der Waals surface area contributed by atoms with Crippen LogP contribution in [-0.4, -0.2) is 24.1 Å². The van der Waals surface area contributed by atoms with Crippen LogP contribution in [-0.2, 0) is 28.7 Å². The molecule has 0 fully saturated rings. The third-order valence-electron chi connectivity index (χ3n) is 3.62. The quantitative estimate of drug-likeness (QED) is 0.687. The Hall–Kier alpha value is -2.28. The Morgan fingerprint density at radius 2 is 1.92 bits per heavy atom. The summed E-state index contributed by atoms with van der Waals surface area (Å²) in [6.45, 7) is 5.94. The summed E-state index contributed by atoms with van der Waals surface area (Å²) in [5, 5.41) is 8.31. The lowest BCUT2D eigenvalue weighted by atomic mass is 10.2. The third-order valence-corrected chi connectivity index (χ3v) is 4.86. The molecule has 2 aromatic heterocycles. The first-order valence-electron chi connectivity index (χ1n) is 7.84. The minimum Gasteiger partial charge on any atom is -0.339 e. The van der Waals surface area contributed by atoms with E-state index >= 15 is 0 Å². The summed E-state index contributed by atoms with van der Waals surface area (Å²) in [4.78, 5) is 4.19. The second kappa shape index (κ2) is 7.09. The molecule has 6 nitrogen and oxygen atoms in total. The molecule has 0 amide bonds. The van der Waals surface area contributed by atoms with Gasteiger partial charge in [-0.2, -0.15) is 10.1 Å². The van der Waals surface area contributed by atoms with Crippen LogP contribution in [0.1, 0.15) is 35.6 Å². The van der Waals surface area contributed by atoms with Crippen LogP contribution in [0.4, 0.5) is 0 Å². The Morgan fingerprint density at radius 1 is 1.17 bits per heavy atom. The van der Waals surface area contributed by atoms with Crippen LogP contribution in [0.25, 0.3) is 5.69 Å². The molecule has 0 aliphatic carbocycles. The van der Waals surface area contributed by atoms with Crippen molar-refractivity contribution in [2.24, 2.45) is 0 Å². The molecule has 24 heavy (non-hydrogen) atoms. The highest BCUT2D eigenvalue weighted by molar-refractivity contribution is 7.83. The molecule has 1 atom stereocenters. The van der Waals surface area contributed by atoms with Gasteiger partial charge in [-0.1, -0.05) is 24.2 Å². The fourth-order valence-corrected chi connectivity index (χ4v) is 3.57. The fourth-order valence-electron chi connectivity index (χ4n) is 2.50. The van der Waals surface area contributed by atoms with Gasteiger partial charge in [0.2, 0.25) is 5.89 Å². The highest BCUT2D eigenvalue weighted by Crippen LogP contribution is 2.15. The molecule has 2 heterocycles. The van der Waals surface area contributed by atoms with Gasteiger partial charge in [0.1, 0.15) is 0 Å². The minimum absolute atomic E-state index is 0.308. The number of hydrogen-bond acceptors (Lipinski definition) is 5. The van der Waals surface area contributed by atoms with Gasteiger partial charge in [0.25, 0.3) is 0 Å². The standard InChI is InChI=1S/C17H20N4O2S/c1-4-17-18-16(20-23-17)11-24(22)10-14-5-7-15(8-6-14)21-13(3)9-12(2)19-21/h5-9H,4,10-11H2,1-3H3/t24-/m1/s1. The molecule has 0 saturated heterocycles. The lowest BCUT2D eigenvalue weighted by Gasteiger charge is -2.06. The van der Waals surface area contributed by atoms with Crippen molar-refractivity contribution in [3.05, 3.63) is 59.0 Å². The first kappa shape index (κ1) is 16.6. The SMILES string of the molecule is CCc1nc(C[S@](=O)Cc2ccc(-n3nc(C)cc3C)cc2)no1. The van der Waals surface area contributed by atoms with Gasteiger partial charge in [0, 0.05) is 28.7 Å². The molecule has 0 spiro atoms. The zero-order valence-corrected chi connectivity index (χ0v) is 14.8. The Balaban J connectivity index is 1.65. The Bertz CT molecular complexity index is 852. The van der Waals surface area contributed by atoms with Crippen molar-refractivity contribution in [1.29, 1.82) is 0 Å². The largest absolute Gasteiger partial charge is 0.339 e. The molecule has 1 aromatic carbocycles. The minimum atomic E-state index is -1.07. The van der Waals surface area contributed by atoms with Crippen LogP contribution < -0.4 is 0 Å².